The molecule has 0 radical (unpaired) electrons. The third-order valence-electron chi connectivity index (χ3n) is 2.44. The summed E-state index contributed by atoms with van der Waals surface area (Å²) in [5.41, 5.74) is 0. The predicted molar refractivity (Wildman–Crippen MR) is 50.4 cm³/mol. The summed E-state index contributed by atoms with van der Waals surface area (Å²) in [4.78, 5) is 13.4. The molecular formula is C9H18N2O2. The lowest BCUT2D eigenvalue weighted by molar-refractivity contribution is -0.134. The number of rotatable bonds is 3. The van der Waals surface area contributed by atoms with Gasteiger partial charge in [-0.2, -0.15) is 0 Å². The van der Waals surface area contributed by atoms with Crippen LogP contribution in [0.25, 0.3) is 0 Å². The van der Waals surface area contributed by atoms with E-state index in [1.165, 1.54) is 0 Å². The Morgan fingerprint density at radius 1 is 1.69 bits per heavy atom. The number of aliphatic hydroxyl groups excluding tert-OH is 1. The molecule has 1 fully saturated rings. The summed E-state index contributed by atoms with van der Waals surface area (Å²) >= 11 is 0. The van der Waals surface area contributed by atoms with Gasteiger partial charge in [0.1, 0.15) is 0 Å². The second kappa shape index (κ2) is 5.19. The van der Waals surface area contributed by atoms with Gasteiger partial charge in [-0.25, -0.2) is 0 Å². The number of hydrogen-bond acceptors (Lipinski definition) is 3. The third kappa shape index (κ3) is 2.67. The molecule has 0 spiro atoms. The number of hydrogen-bond donors (Lipinski definition) is 2. The number of nitrogens with one attached hydrogen (secondary N) is 1. The second-order valence-corrected chi connectivity index (χ2v) is 3.31. The lowest BCUT2D eigenvalue weighted by Gasteiger charge is -2.35. The van der Waals surface area contributed by atoms with E-state index in [9.17, 15) is 4.79 Å². The van der Waals surface area contributed by atoms with Gasteiger partial charge in [-0.1, -0.05) is 6.92 Å². The number of carbonyl (C=O) groups is 1. The van der Waals surface area contributed by atoms with Crippen molar-refractivity contribution in [2.75, 3.05) is 26.2 Å². The minimum absolute atomic E-state index is 0.153. The number of nitrogens with zero attached hydrogens (tertiary/aromatic N) is 1. The number of carbonyl (C=O) groups excluding carboxylic acids is 1. The smallest absolute Gasteiger partial charge is 0.222 e. The molecule has 0 aromatic rings. The molecule has 1 saturated heterocycles. The highest BCUT2D eigenvalue weighted by Crippen LogP contribution is 2.08. The van der Waals surface area contributed by atoms with Gasteiger partial charge in [0.15, 0.2) is 0 Å². The van der Waals surface area contributed by atoms with Gasteiger partial charge in [-0.05, 0) is 6.42 Å². The van der Waals surface area contributed by atoms with E-state index in [-0.39, 0.29) is 18.6 Å². The van der Waals surface area contributed by atoms with Crippen LogP contribution < -0.4 is 5.32 Å². The fraction of sp³-hybridized carbons (Fsp3) is 0.889. The molecule has 13 heavy (non-hydrogen) atoms. The number of piperazine rings is 1. The van der Waals surface area contributed by atoms with Gasteiger partial charge in [0, 0.05) is 38.7 Å². The first-order chi connectivity index (χ1) is 6.29. The predicted octanol–water partition coefficient (Wildman–Crippen LogP) is -0.421. The van der Waals surface area contributed by atoms with Gasteiger partial charge in [0.2, 0.25) is 5.91 Å². The van der Waals surface area contributed by atoms with Crippen LogP contribution in [0, 0.1) is 0 Å². The quantitative estimate of drug-likeness (QED) is 0.629. The Hall–Kier alpha value is -0.610. The largest absolute Gasteiger partial charge is 0.396 e. The van der Waals surface area contributed by atoms with Gasteiger partial charge < -0.3 is 15.3 Å². The lowest BCUT2D eigenvalue weighted by atomic mass is 10.1. The Bertz CT molecular complexity index is 171. The zero-order chi connectivity index (χ0) is 9.68. The van der Waals surface area contributed by atoms with E-state index >= 15 is 0 Å². The standard InChI is InChI=1S/C9H18N2O2/c1-2-9(13)11-5-4-10-7-8(11)3-6-12/h8,10,12H,2-7H2,1H3. The maximum atomic E-state index is 11.5. The first-order valence-electron chi connectivity index (χ1n) is 4.90. The van der Waals surface area contributed by atoms with E-state index in [1.807, 2.05) is 11.8 Å². The highest BCUT2D eigenvalue weighted by atomic mass is 16.3. The lowest BCUT2D eigenvalue weighted by Crippen LogP contribution is -2.53. The van der Waals surface area contributed by atoms with Crippen LogP contribution in [-0.4, -0.2) is 48.2 Å². The first-order valence-corrected chi connectivity index (χ1v) is 4.90. The highest BCUT2D eigenvalue weighted by molar-refractivity contribution is 5.76. The summed E-state index contributed by atoms with van der Waals surface area (Å²) in [7, 11) is 0. The minimum Gasteiger partial charge on any atom is -0.396 e. The average molecular weight is 186 g/mol. The molecule has 1 aliphatic rings. The summed E-state index contributed by atoms with van der Waals surface area (Å²) in [5, 5.41) is 12.0. The fourth-order valence-corrected chi connectivity index (χ4v) is 1.70. The number of amides is 1. The Morgan fingerprint density at radius 3 is 3.08 bits per heavy atom. The van der Waals surface area contributed by atoms with Crippen LogP contribution in [0.1, 0.15) is 19.8 Å². The maximum Gasteiger partial charge on any atom is 0.222 e. The van der Waals surface area contributed by atoms with Crippen LogP contribution in [0.4, 0.5) is 0 Å². The van der Waals surface area contributed by atoms with E-state index in [4.69, 9.17) is 5.11 Å². The fourth-order valence-electron chi connectivity index (χ4n) is 1.70. The molecule has 1 unspecified atom stereocenters. The third-order valence-corrected chi connectivity index (χ3v) is 2.44. The molecule has 0 aromatic heterocycles. The molecule has 2 N–H and O–H groups in total. The van der Waals surface area contributed by atoms with Crippen molar-refractivity contribution >= 4 is 5.91 Å². The van der Waals surface area contributed by atoms with Crippen molar-refractivity contribution in [2.24, 2.45) is 0 Å². The molecule has 4 heteroatoms. The molecular weight excluding hydrogens is 168 g/mol. The van der Waals surface area contributed by atoms with E-state index in [2.05, 4.69) is 5.32 Å². The Kier molecular flexibility index (Phi) is 4.18. The SMILES string of the molecule is CCC(=O)N1CCNCC1CCO. The van der Waals surface area contributed by atoms with E-state index in [0.29, 0.717) is 12.8 Å². The van der Waals surface area contributed by atoms with Crippen molar-refractivity contribution < 1.29 is 9.90 Å². The molecule has 1 aliphatic heterocycles. The van der Waals surface area contributed by atoms with Crippen molar-refractivity contribution in [3.8, 4) is 0 Å². The van der Waals surface area contributed by atoms with Gasteiger partial charge >= 0.3 is 0 Å². The Morgan fingerprint density at radius 2 is 2.46 bits per heavy atom. The normalized spacial score (nSPS) is 23.2. The van der Waals surface area contributed by atoms with Crippen LogP contribution in [0.5, 0.6) is 0 Å². The molecule has 0 aliphatic carbocycles. The van der Waals surface area contributed by atoms with E-state index < -0.39 is 0 Å². The van der Waals surface area contributed by atoms with Gasteiger partial charge in [0.05, 0.1) is 0 Å². The summed E-state index contributed by atoms with van der Waals surface area (Å²) < 4.78 is 0. The van der Waals surface area contributed by atoms with Crippen LogP contribution in [0.15, 0.2) is 0 Å². The van der Waals surface area contributed by atoms with Crippen LogP contribution in [0.3, 0.4) is 0 Å². The van der Waals surface area contributed by atoms with Crippen molar-refractivity contribution in [2.45, 2.75) is 25.8 Å². The molecule has 4 nitrogen and oxygen atoms in total. The van der Waals surface area contributed by atoms with Crippen molar-refractivity contribution in [1.82, 2.24) is 10.2 Å². The first kappa shape index (κ1) is 10.5. The molecule has 1 amide bonds. The zero-order valence-corrected chi connectivity index (χ0v) is 8.12. The molecule has 1 atom stereocenters. The van der Waals surface area contributed by atoms with Gasteiger partial charge in [-0.15, -0.1) is 0 Å². The Labute approximate surface area is 78.9 Å². The summed E-state index contributed by atoms with van der Waals surface area (Å²) in [6, 6.07) is 0.186. The molecule has 1 rings (SSSR count). The highest BCUT2D eigenvalue weighted by Gasteiger charge is 2.24. The van der Waals surface area contributed by atoms with Crippen molar-refractivity contribution in [3.63, 3.8) is 0 Å². The van der Waals surface area contributed by atoms with Gasteiger partial charge in [0.25, 0.3) is 0 Å². The van der Waals surface area contributed by atoms with Crippen LogP contribution in [0.2, 0.25) is 0 Å². The molecule has 0 aromatic carbocycles. The van der Waals surface area contributed by atoms with E-state index in [0.717, 1.165) is 19.6 Å². The summed E-state index contributed by atoms with van der Waals surface area (Å²) in [6.07, 6.45) is 1.24. The average Bonchev–Trinajstić information content (AvgIpc) is 2.18. The number of aliphatic hydroxyl groups is 1. The maximum absolute atomic E-state index is 11.5. The molecule has 0 bridgehead atoms. The second-order valence-electron chi connectivity index (χ2n) is 3.31. The van der Waals surface area contributed by atoms with Crippen LogP contribution >= 0.6 is 0 Å². The molecule has 76 valence electrons. The zero-order valence-electron chi connectivity index (χ0n) is 8.12. The molecule has 0 saturated carbocycles. The van der Waals surface area contributed by atoms with E-state index in [1.54, 1.807) is 0 Å². The minimum atomic E-state index is 0.153. The topological polar surface area (TPSA) is 52.6 Å². The van der Waals surface area contributed by atoms with Crippen LogP contribution in [-0.2, 0) is 4.79 Å². The Balaban J connectivity index is 2.50. The summed E-state index contributed by atoms with van der Waals surface area (Å²) in [6.45, 7) is 4.48. The van der Waals surface area contributed by atoms with Crippen molar-refractivity contribution in [3.05, 3.63) is 0 Å². The monoisotopic (exact) mass is 186 g/mol. The van der Waals surface area contributed by atoms with Gasteiger partial charge in [-0.3, -0.25) is 4.79 Å². The summed E-state index contributed by atoms with van der Waals surface area (Å²) in [5.74, 6) is 0.194. The molecule has 1 heterocycles. The van der Waals surface area contributed by atoms with Crippen molar-refractivity contribution in [1.29, 1.82) is 0 Å².